The van der Waals surface area contributed by atoms with Crippen molar-refractivity contribution in [3.05, 3.63) is 0 Å². The van der Waals surface area contributed by atoms with Crippen molar-refractivity contribution in [3.63, 3.8) is 0 Å². The molecule has 0 amide bonds. The quantitative estimate of drug-likeness (QED) is 0.264. The fourth-order valence-electron chi connectivity index (χ4n) is 0. The van der Waals surface area contributed by atoms with Crippen LogP contribution >= 0.6 is 0 Å². The monoisotopic (exact) mass is 126 g/mol. The zero-order valence-corrected chi connectivity index (χ0v) is 5.79. The second kappa shape index (κ2) is 16.5. The molecule has 0 fully saturated rings. The van der Waals surface area contributed by atoms with Crippen molar-refractivity contribution in [2.75, 3.05) is 0 Å². The van der Waals surface area contributed by atoms with Crippen LogP contribution in [0.25, 0.3) is 0 Å². The molecule has 0 aromatic rings. The van der Waals surface area contributed by atoms with E-state index < -0.39 is 6.16 Å². The Morgan fingerprint density at radius 2 is 1.29 bits per heavy atom. The number of hydrogen-bond acceptors (Lipinski definition) is 3. The summed E-state index contributed by atoms with van der Waals surface area (Å²) >= 11 is 0. The summed E-state index contributed by atoms with van der Waals surface area (Å²) in [4.78, 5) is 8.33. The molecule has 7 heavy (non-hydrogen) atoms. The fraction of sp³-hybridized carbons (Fsp3) is 0. The van der Waals surface area contributed by atoms with Gasteiger partial charge in [-0.1, -0.05) is 0 Å². The van der Waals surface area contributed by atoms with E-state index in [-0.39, 0.29) is 37.7 Å². The van der Waals surface area contributed by atoms with Gasteiger partial charge < -0.3 is 15.0 Å². The van der Waals surface area contributed by atoms with Crippen molar-refractivity contribution < 1.29 is 15.0 Å². The molecule has 0 spiro atoms. The van der Waals surface area contributed by atoms with E-state index in [0.717, 1.165) is 0 Å². The number of rotatable bonds is 0. The zero-order chi connectivity index (χ0) is 5.58. The van der Waals surface area contributed by atoms with Crippen LogP contribution in [0.1, 0.15) is 0 Å². The second-order valence-electron chi connectivity index (χ2n) is 0.250. The van der Waals surface area contributed by atoms with Crippen LogP contribution in [-0.4, -0.2) is 43.9 Å². The Labute approximate surface area is 71.3 Å². The molecule has 0 aliphatic heterocycles. The number of carbonyl (C=O) groups is 1. The van der Waals surface area contributed by atoms with Crippen molar-refractivity contribution in [1.29, 1.82) is 0 Å². The van der Waals surface area contributed by atoms with Gasteiger partial charge in [0, 0.05) is 0 Å². The largest absolute Gasteiger partial charge is 2.00 e. The summed E-state index contributed by atoms with van der Waals surface area (Å²) in [5.74, 6) is 0. The zero-order valence-electron chi connectivity index (χ0n) is 3.59. The number of carbonyl (C=O) groups excluding carboxylic acids is 1. The van der Waals surface area contributed by atoms with E-state index in [2.05, 4.69) is 12.8 Å². The average Bonchev–Trinajstić information content (AvgIpc) is 1.41. The van der Waals surface area contributed by atoms with Crippen LogP contribution in [-0.2, 0) is 0 Å². The van der Waals surface area contributed by atoms with Crippen molar-refractivity contribution in [3.8, 4) is 12.8 Å². The first-order valence-corrected chi connectivity index (χ1v) is 0.946. The third-order valence-corrected chi connectivity index (χ3v) is 0. The van der Waals surface area contributed by atoms with Gasteiger partial charge in [-0.05, 0) is 6.16 Å². The summed E-state index contributed by atoms with van der Waals surface area (Å²) in [5, 5.41) is 16.7. The van der Waals surface area contributed by atoms with E-state index in [9.17, 15) is 0 Å². The summed E-state index contributed by atoms with van der Waals surface area (Å²) in [7, 11) is 0. The van der Waals surface area contributed by atoms with Crippen LogP contribution in [0.4, 0.5) is 4.79 Å². The Balaban J connectivity index is -0.0000000480. The first-order chi connectivity index (χ1) is 2.73. The maximum absolute atomic E-state index is 8.33. The normalized spacial score (nSPS) is 3.71. The molecule has 0 saturated carbocycles. The summed E-state index contributed by atoms with van der Waals surface area (Å²) in [6.07, 6.45) is 5.67. The Morgan fingerprint density at radius 1 is 1.29 bits per heavy atom. The van der Waals surface area contributed by atoms with Crippen molar-refractivity contribution in [2.24, 2.45) is 0 Å². The van der Waals surface area contributed by atoms with E-state index in [1.54, 1.807) is 0 Å². The first kappa shape index (κ1) is 15.7. The molecule has 0 aromatic heterocycles. The number of carboxylic acid groups (broad SMARTS) is 2. The molecule has 0 N–H and O–H groups in total. The molecule has 4 heteroatoms. The molecule has 0 rings (SSSR count). The van der Waals surface area contributed by atoms with Gasteiger partial charge in [-0.2, -0.15) is 0 Å². The standard InChI is InChI=1S/C2H2.CH2O3.Ca/c1-2;2-1(3)4;/h1-2H;(H2,2,3,4);/q;;+2/p-2. The van der Waals surface area contributed by atoms with Crippen molar-refractivity contribution >= 4 is 43.9 Å². The summed E-state index contributed by atoms with van der Waals surface area (Å²) in [6, 6.07) is 0. The van der Waals surface area contributed by atoms with Crippen LogP contribution in [0.5, 0.6) is 0 Å². The molecule has 0 saturated heterocycles. The molecular formula is C3H2CaO3. The predicted molar refractivity (Wildman–Crippen MR) is 21.0 cm³/mol. The predicted octanol–water partition coefficient (Wildman–Crippen LogP) is -2.58. The van der Waals surface area contributed by atoms with Crippen LogP contribution in [0.3, 0.4) is 0 Å². The minimum Gasteiger partial charge on any atom is -0.652 e. The van der Waals surface area contributed by atoms with Gasteiger partial charge in [-0.25, -0.2) is 0 Å². The van der Waals surface area contributed by atoms with Gasteiger partial charge in [-0.3, -0.25) is 0 Å². The minimum atomic E-state index is -2.33. The molecule has 0 aliphatic carbocycles. The topological polar surface area (TPSA) is 63.2 Å². The maximum Gasteiger partial charge on any atom is 2.00 e. The third-order valence-electron chi connectivity index (χ3n) is 0. The van der Waals surface area contributed by atoms with Gasteiger partial charge in [-0.15, -0.1) is 12.8 Å². The number of terminal acetylenes is 1. The third kappa shape index (κ3) is 12600. The molecule has 0 unspecified atom stereocenters. The average molecular weight is 126 g/mol. The second-order valence-corrected chi connectivity index (χ2v) is 0.250. The van der Waals surface area contributed by atoms with Crippen molar-refractivity contribution in [2.45, 2.75) is 0 Å². The molecule has 34 valence electrons. The van der Waals surface area contributed by atoms with Gasteiger partial charge in [0.2, 0.25) is 0 Å². The minimum absolute atomic E-state index is 0. The molecule has 0 heterocycles. The Hall–Kier alpha value is 0.0897. The van der Waals surface area contributed by atoms with Gasteiger partial charge in [0.05, 0.1) is 0 Å². The summed E-state index contributed by atoms with van der Waals surface area (Å²) < 4.78 is 0. The van der Waals surface area contributed by atoms with Gasteiger partial charge >= 0.3 is 37.7 Å². The molecule has 0 aliphatic rings. The SMILES string of the molecule is C#C.O=C([O-])[O-].[Ca+2]. The van der Waals surface area contributed by atoms with Crippen LogP contribution in [0, 0.1) is 12.8 Å². The maximum atomic E-state index is 8.33. The summed E-state index contributed by atoms with van der Waals surface area (Å²) in [5.41, 5.74) is 0. The first-order valence-electron chi connectivity index (χ1n) is 0.946. The van der Waals surface area contributed by atoms with E-state index in [1.807, 2.05) is 0 Å². The molecule has 3 nitrogen and oxygen atoms in total. The van der Waals surface area contributed by atoms with E-state index >= 15 is 0 Å². The van der Waals surface area contributed by atoms with Crippen LogP contribution < -0.4 is 10.2 Å². The van der Waals surface area contributed by atoms with Crippen LogP contribution in [0.2, 0.25) is 0 Å². The van der Waals surface area contributed by atoms with Gasteiger partial charge in [0.25, 0.3) is 0 Å². The molecule has 0 radical (unpaired) electrons. The van der Waals surface area contributed by atoms with Gasteiger partial charge in [0.1, 0.15) is 0 Å². The molecule has 0 aromatic carbocycles. The number of hydrogen-bond donors (Lipinski definition) is 0. The molecule has 0 bridgehead atoms. The van der Waals surface area contributed by atoms with Crippen LogP contribution in [0.15, 0.2) is 0 Å². The van der Waals surface area contributed by atoms with E-state index in [1.165, 1.54) is 0 Å². The summed E-state index contributed by atoms with van der Waals surface area (Å²) in [6.45, 7) is 0. The van der Waals surface area contributed by atoms with E-state index in [0.29, 0.717) is 0 Å². The Kier molecular flexibility index (Phi) is 37.1. The van der Waals surface area contributed by atoms with Gasteiger partial charge in [0.15, 0.2) is 0 Å². The Morgan fingerprint density at radius 3 is 1.29 bits per heavy atom. The fourth-order valence-corrected chi connectivity index (χ4v) is 0. The molecular weight excluding hydrogens is 124 g/mol. The van der Waals surface area contributed by atoms with Crippen molar-refractivity contribution in [1.82, 2.24) is 0 Å². The molecule has 0 atom stereocenters. The smallest absolute Gasteiger partial charge is 0.652 e. The Bertz CT molecular complexity index is 54.4. The van der Waals surface area contributed by atoms with E-state index in [4.69, 9.17) is 15.0 Å².